The third kappa shape index (κ3) is 1.18. The fourth-order valence-corrected chi connectivity index (χ4v) is 1.55. The van der Waals surface area contributed by atoms with E-state index in [9.17, 15) is 5.11 Å². The van der Waals surface area contributed by atoms with E-state index in [1.165, 1.54) is 19.3 Å². The Morgan fingerprint density at radius 3 is 2.82 bits per heavy atom. The molecule has 0 aliphatic heterocycles. The third-order valence-corrected chi connectivity index (χ3v) is 2.56. The molecule has 1 aliphatic carbocycles. The predicted molar refractivity (Wildman–Crippen MR) is 43.1 cm³/mol. The van der Waals surface area contributed by atoms with Crippen LogP contribution in [0.4, 0.5) is 0 Å². The van der Waals surface area contributed by atoms with Gasteiger partial charge in [-0.1, -0.05) is 6.42 Å². The number of hydrogen-bond acceptors (Lipinski definition) is 1. The Morgan fingerprint density at radius 1 is 1.55 bits per heavy atom. The summed E-state index contributed by atoms with van der Waals surface area (Å²) in [7, 11) is 0. The molecule has 60 valence electrons. The molecule has 0 amide bonds. The maximum atomic E-state index is 9.71. The molecule has 0 radical (unpaired) electrons. The molecule has 0 bridgehead atoms. The first-order valence-electron chi connectivity index (χ1n) is 4.18. The zero-order valence-corrected chi connectivity index (χ0v) is 6.46. The molecule has 1 heterocycles. The van der Waals surface area contributed by atoms with Gasteiger partial charge in [-0.05, 0) is 30.4 Å². The Kier molecular flexibility index (Phi) is 1.70. The predicted octanol–water partition coefficient (Wildman–Crippen LogP) is 1.85. The van der Waals surface area contributed by atoms with Crippen LogP contribution >= 0.6 is 0 Å². The summed E-state index contributed by atoms with van der Waals surface area (Å²) in [4.78, 5) is 2.95. The summed E-state index contributed by atoms with van der Waals surface area (Å²) in [6, 6.07) is 1.95. The van der Waals surface area contributed by atoms with E-state index in [1.807, 2.05) is 18.5 Å². The topological polar surface area (TPSA) is 36.0 Å². The molecule has 1 saturated carbocycles. The minimum Gasteiger partial charge on any atom is -0.388 e. The number of hydrogen-bond donors (Lipinski definition) is 2. The molecule has 0 aromatic carbocycles. The van der Waals surface area contributed by atoms with Crippen molar-refractivity contribution in [1.29, 1.82) is 0 Å². The normalized spacial score (nSPS) is 21.2. The van der Waals surface area contributed by atoms with Crippen molar-refractivity contribution in [2.75, 3.05) is 0 Å². The van der Waals surface area contributed by atoms with Gasteiger partial charge < -0.3 is 10.1 Å². The Bertz CT molecular complexity index is 213. The lowest BCUT2D eigenvalue weighted by Gasteiger charge is -2.29. The summed E-state index contributed by atoms with van der Waals surface area (Å²) in [6.07, 6.45) is 7.17. The largest absolute Gasteiger partial charge is 0.388 e. The van der Waals surface area contributed by atoms with Crippen LogP contribution in [-0.2, 0) is 0 Å². The molecule has 1 aromatic rings. The van der Waals surface area contributed by atoms with E-state index < -0.39 is 0 Å². The molecule has 1 fully saturated rings. The maximum Gasteiger partial charge on any atom is 0.0832 e. The van der Waals surface area contributed by atoms with Crippen LogP contribution in [-0.4, -0.2) is 10.1 Å². The molecular weight excluding hydrogens is 138 g/mol. The molecule has 2 N–H and O–H groups in total. The lowest BCUT2D eigenvalue weighted by atomic mass is 9.79. The lowest BCUT2D eigenvalue weighted by molar-refractivity contribution is 0.0622. The van der Waals surface area contributed by atoms with Crippen molar-refractivity contribution >= 4 is 0 Å². The van der Waals surface area contributed by atoms with Gasteiger partial charge in [-0.3, -0.25) is 0 Å². The third-order valence-electron chi connectivity index (χ3n) is 2.56. The van der Waals surface area contributed by atoms with Gasteiger partial charge in [-0.25, -0.2) is 0 Å². The smallest absolute Gasteiger partial charge is 0.0832 e. The van der Waals surface area contributed by atoms with Crippen LogP contribution in [0.15, 0.2) is 18.5 Å². The molecule has 11 heavy (non-hydrogen) atoms. The summed E-state index contributed by atoms with van der Waals surface area (Å²) >= 11 is 0. The van der Waals surface area contributed by atoms with Gasteiger partial charge >= 0.3 is 0 Å². The second kappa shape index (κ2) is 2.70. The van der Waals surface area contributed by atoms with Gasteiger partial charge in [0.25, 0.3) is 0 Å². The zero-order chi connectivity index (χ0) is 7.68. The number of aromatic amines is 1. The van der Waals surface area contributed by atoms with E-state index in [-0.39, 0.29) is 6.10 Å². The Balaban J connectivity index is 2.04. The van der Waals surface area contributed by atoms with E-state index in [0.29, 0.717) is 5.92 Å². The van der Waals surface area contributed by atoms with Crippen molar-refractivity contribution < 1.29 is 5.11 Å². The van der Waals surface area contributed by atoms with Crippen molar-refractivity contribution in [1.82, 2.24) is 4.98 Å². The van der Waals surface area contributed by atoms with Crippen molar-refractivity contribution in [2.45, 2.75) is 25.4 Å². The molecular formula is C9H13NO. The second-order valence-corrected chi connectivity index (χ2v) is 3.28. The lowest BCUT2D eigenvalue weighted by Crippen LogP contribution is -2.19. The molecule has 1 atom stereocenters. The molecule has 0 saturated heterocycles. The average Bonchev–Trinajstić information content (AvgIpc) is 2.32. The van der Waals surface area contributed by atoms with Crippen LogP contribution < -0.4 is 0 Å². The first kappa shape index (κ1) is 6.92. The Labute approximate surface area is 66.3 Å². The van der Waals surface area contributed by atoms with Crippen molar-refractivity contribution in [2.24, 2.45) is 5.92 Å². The highest BCUT2D eigenvalue weighted by Gasteiger charge is 2.26. The molecule has 0 spiro atoms. The van der Waals surface area contributed by atoms with Gasteiger partial charge in [0.15, 0.2) is 0 Å². The van der Waals surface area contributed by atoms with Crippen LogP contribution in [0.3, 0.4) is 0 Å². The quantitative estimate of drug-likeness (QED) is 0.664. The summed E-state index contributed by atoms with van der Waals surface area (Å²) in [5.41, 5.74) is 1.04. The number of aliphatic hydroxyl groups is 1. The Hall–Kier alpha value is -0.760. The molecule has 2 heteroatoms. The van der Waals surface area contributed by atoms with Crippen LogP contribution in [0, 0.1) is 5.92 Å². The first-order chi connectivity index (χ1) is 5.38. The average molecular weight is 151 g/mol. The van der Waals surface area contributed by atoms with Gasteiger partial charge in [0.1, 0.15) is 0 Å². The van der Waals surface area contributed by atoms with Crippen LogP contribution in [0.5, 0.6) is 0 Å². The van der Waals surface area contributed by atoms with Gasteiger partial charge in [0, 0.05) is 12.4 Å². The number of nitrogens with one attached hydrogen (secondary N) is 1. The van der Waals surface area contributed by atoms with E-state index in [1.54, 1.807) is 0 Å². The molecule has 1 aliphatic rings. The summed E-state index contributed by atoms with van der Waals surface area (Å²) in [5, 5.41) is 9.71. The summed E-state index contributed by atoms with van der Waals surface area (Å²) < 4.78 is 0. The van der Waals surface area contributed by atoms with E-state index in [4.69, 9.17) is 0 Å². The number of rotatable bonds is 2. The van der Waals surface area contributed by atoms with E-state index >= 15 is 0 Å². The van der Waals surface area contributed by atoms with Crippen LogP contribution in [0.2, 0.25) is 0 Å². The van der Waals surface area contributed by atoms with Crippen LogP contribution in [0.1, 0.15) is 30.9 Å². The fourth-order valence-electron chi connectivity index (χ4n) is 1.55. The number of H-pyrrole nitrogens is 1. The standard InChI is InChI=1S/C9H13NO/c11-9(7-2-1-3-7)8-4-5-10-6-8/h4-7,9-11H,1-3H2. The fraction of sp³-hybridized carbons (Fsp3) is 0.556. The maximum absolute atomic E-state index is 9.71. The van der Waals surface area contributed by atoms with Crippen LogP contribution in [0.25, 0.3) is 0 Å². The van der Waals surface area contributed by atoms with Crippen molar-refractivity contribution in [3.8, 4) is 0 Å². The number of aromatic nitrogens is 1. The zero-order valence-electron chi connectivity index (χ0n) is 6.46. The summed E-state index contributed by atoms with van der Waals surface area (Å²) in [6.45, 7) is 0. The minimum atomic E-state index is -0.227. The van der Waals surface area contributed by atoms with Gasteiger partial charge in [0.05, 0.1) is 6.10 Å². The highest BCUT2D eigenvalue weighted by atomic mass is 16.3. The minimum absolute atomic E-state index is 0.227. The summed E-state index contributed by atoms with van der Waals surface area (Å²) in [5.74, 6) is 0.519. The second-order valence-electron chi connectivity index (χ2n) is 3.28. The van der Waals surface area contributed by atoms with Gasteiger partial charge in [-0.2, -0.15) is 0 Å². The highest BCUT2D eigenvalue weighted by molar-refractivity contribution is 5.13. The van der Waals surface area contributed by atoms with Crippen molar-refractivity contribution in [3.05, 3.63) is 24.0 Å². The van der Waals surface area contributed by atoms with Crippen molar-refractivity contribution in [3.63, 3.8) is 0 Å². The first-order valence-corrected chi connectivity index (χ1v) is 4.18. The molecule has 2 rings (SSSR count). The molecule has 1 aromatic heterocycles. The Morgan fingerprint density at radius 2 is 2.36 bits per heavy atom. The monoisotopic (exact) mass is 151 g/mol. The highest BCUT2D eigenvalue weighted by Crippen LogP contribution is 2.37. The SMILES string of the molecule is OC(c1cc[nH]c1)C1CCC1. The van der Waals surface area contributed by atoms with Gasteiger partial charge in [-0.15, -0.1) is 0 Å². The van der Waals surface area contributed by atoms with Gasteiger partial charge in [0.2, 0.25) is 0 Å². The molecule has 2 nitrogen and oxygen atoms in total. The number of aliphatic hydroxyl groups excluding tert-OH is 1. The van der Waals surface area contributed by atoms with E-state index in [2.05, 4.69) is 4.98 Å². The molecule has 1 unspecified atom stereocenters. The van der Waals surface area contributed by atoms with E-state index in [0.717, 1.165) is 5.56 Å².